The molecule has 0 bridgehead atoms. The second-order valence-electron chi connectivity index (χ2n) is 6.79. The fraction of sp³-hybridized carbons (Fsp3) is 0.895. The molecule has 134 valence electrons. The lowest BCUT2D eigenvalue weighted by Crippen LogP contribution is -2.28. The molecule has 1 fully saturated rings. The second kappa shape index (κ2) is 13.4. The minimum Gasteiger partial charge on any atom is -0.375 e. The summed E-state index contributed by atoms with van der Waals surface area (Å²) in [5.74, 6) is -0.412. The first-order valence-electron chi connectivity index (χ1n) is 9.76. The van der Waals surface area contributed by atoms with Crippen molar-refractivity contribution in [2.75, 3.05) is 0 Å². The van der Waals surface area contributed by atoms with Gasteiger partial charge in [0.2, 0.25) is 0 Å². The highest BCUT2D eigenvalue weighted by Gasteiger charge is 2.31. The number of amides is 1. The summed E-state index contributed by atoms with van der Waals surface area (Å²) in [5, 5.41) is 2.54. The average Bonchev–Trinajstić information content (AvgIpc) is 2.85. The predicted molar refractivity (Wildman–Crippen MR) is 93.3 cm³/mol. The quantitative estimate of drug-likeness (QED) is 0.246. The Kier molecular flexibility index (Phi) is 11.6. The lowest BCUT2D eigenvalue weighted by molar-refractivity contribution is -0.135. The van der Waals surface area contributed by atoms with Crippen LogP contribution in [0.3, 0.4) is 0 Å². The van der Waals surface area contributed by atoms with Gasteiger partial charge in [0, 0.05) is 0 Å². The van der Waals surface area contributed by atoms with Gasteiger partial charge in [-0.15, -0.1) is 0 Å². The Hall–Kier alpha value is -1.06. The van der Waals surface area contributed by atoms with Gasteiger partial charge in [-0.05, 0) is 6.42 Å². The SMILES string of the molecule is CCCCCCCCCCCCCCCCC1NC(=O)OC1=O. The molecule has 1 heterocycles. The van der Waals surface area contributed by atoms with Crippen LogP contribution in [-0.4, -0.2) is 18.1 Å². The molecule has 1 saturated heterocycles. The molecular formula is C19H35NO3. The fourth-order valence-corrected chi connectivity index (χ4v) is 3.13. The van der Waals surface area contributed by atoms with Crippen LogP contribution in [0.25, 0.3) is 0 Å². The number of carbonyl (C=O) groups is 2. The van der Waals surface area contributed by atoms with Crippen LogP contribution in [0.2, 0.25) is 0 Å². The lowest BCUT2D eigenvalue weighted by atomic mass is 10.0. The van der Waals surface area contributed by atoms with E-state index in [0.29, 0.717) is 6.42 Å². The molecule has 23 heavy (non-hydrogen) atoms. The van der Waals surface area contributed by atoms with Gasteiger partial charge in [0.05, 0.1) is 0 Å². The summed E-state index contributed by atoms with van der Waals surface area (Å²) in [6.45, 7) is 2.26. The first kappa shape index (κ1) is 20.0. The molecule has 0 aromatic carbocycles. The van der Waals surface area contributed by atoms with Crippen molar-refractivity contribution >= 4 is 12.1 Å². The second-order valence-corrected chi connectivity index (χ2v) is 6.79. The zero-order valence-electron chi connectivity index (χ0n) is 14.9. The number of cyclic esters (lactones) is 2. The Balaban J connectivity index is 1.75. The van der Waals surface area contributed by atoms with Gasteiger partial charge in [-0.1, -0.05) is 96.8 Å². The fourth-order valence-electron chi connectivity index (χ4n) is 3.13. The van der Waals surface area contributed by atoms with Gasteiger partial charge in [0.15, 0.2) is 0 Å². The third-order valence-electron chi connectivity index (χ3n) is 4.62. The van der Waals surface area contributed by atoms with Gasteiger partial charge in [-0.25, -0.2) is 9.59 Å². The molecule has 1 rings (SSSR count). The highest BCUT2D eigenvalue weighted by atomic mass is 16.6. The maximum absolute atomic E-state index is 11.2. The van der Waals surface area contributed by atoms with Gasteiger partial charge in [0.25, 0.3) is 0 Å². The van der Waals surface area contributed by atoms with Crippen LogP contribution < -0.4 is 5.32 Å². The van der Waals surface area contributed by atoms with Crippen molar-refractivity contribution < 1.29 is 14.3 Å². The van der Waals surface area contributed by atoms with E-state index in [1.54, 1.807) is 0 Å². The van der Waals surface area contributed by atoms with E-state index in [1.165, 1.54) is 77.0 Å². The van der Waals surface area contributed by atoms with Crippen LogP contribution in [0, 0.1) is 0 Å². The molecule has 0 saturated carbocycles. The monoisotopic (exact) mass is 325 g/mol. The third-order valence-corrected chi connectivity index (χ3v) is 4.62. The topological polar surface area (TPSA) is 55.4 Å². The molecule has 4 heteroatoms. The number of alkyl carbamates (subject to hydrolysis) is 1. The van der Waals surface area contributed by atoms with Gasteiger partial charge in [-0.3, -0.25) is 0 Å². The van der Waals surface area contributed by atoms with Crippen molar-refractivity contribution in [3.05, 3.63) is 0 Å². The number of rotatable bonds is 15. The number of hydrogen-bond acceptors (Lipinski definition) is 3. The molecule has 1 aliphatic heterocycles. The van der Waals surface area contributed by atoms with Gasteiger partial charge >= 0.3 is 12.1 Å². The van der Waals surface area contributed by atoms with Crippen LogP contribution in [0.5, 0.6) is 0 Å². The molecule has 1 unspecified atom stereocenters. The number of carbonyl (C=O) groups excluding carboxylic acids is 2. The van der Waals surface area contributed by atoms with Crippen LogP contribution in [0.4, 0.5) is 4.79 Å². The summed E-state index contributed by atoms with van der Waals surface area (Å²) in [7, 11) is 0. The zero-order valence-corrected chi connectivity index (χ0v) is 14.9. The van der Waals surface area contributed by atoms with Gasteiger partial charge < -0.3 is 10.1 Å². The normalized spacial score (nSPS) is 17.3. The lowest BCUT2D eigenvalue weighted by Gasteiger charge is -2.05. The van der Waals surface area contributed by atoms with Gasteiger partial charge in [-0.2, -0.15) is 0 Å². The maximum Gasteiger partial charge on any atom is 0.415 e. The van der Waals surface area contributed by atoms with E-state index in [-0.39, 0.29) is 0 Å². The van der Waals surface area contributed by atoms with Crippen molar-refractivity contribution in [1.82, 2.24) is 5.32 Å². The molecule has 0 radical (unpaired) electrons. The van der Waals surface area contributed by atoms with E-state index < -0.39 is 18.1 Å². The summed E-state index contributed by atoms with van der Waals surface area (Å²) in [4.78, 5) is 22.1. The van der Waals surface area contributed by atoms with Crippen LogP contribution >= 0.6 is 0 Å². The van der Waals surface area contributed by atoms with Gasteiger partial charge in [0.1, 0.15) is 6.04 Å². The van der Waals surface area contributed by atoms with Crippen molar-refractivity contribution in [1.29, 1.82) is 0 Å². The van der Waals surface area contributed by atoms with Crippen molar-refractivity contribution in [3.63, 3.8) is 0 Å². The Morgan fingerprint density at radius 2 is 1.17 bits per heavy atom. The summed E-state index contributed by atoms with van der Waals surface area (Å²) < 4.78 is 4.45. The highest BCUT2D eigenvalue weighted by Crippen LogP contribution is 2.14. The molecule has 1 N–H and O–H groups in total. The highest BCUT2D eigenvalue weighted by molar-refractivity contribution is 5.95. The van der Waals surface area contributed by atoms with Crippen molar-refractivity contribution in [3.8, 4) is 0 Å². The number of unbranched alkanes of at least 4 members (excludes halogenated alkanes) is 13. The molecule has 1 atom stereocenters. The minimum atomic E-state index is -0.592. The molecule has 1 aliphatic rings. The Bertz CT molecular complexity index is 331. The predicted octanol–water partition coefficient (Wildman–Crippen LogP) is 5.49. The largest absolute Gasteiger partial charge is 0.415 e. The van der Waals surface area contributed by atoms with Crippen LogP contribution in [0.15, 0.2) is 0 Å². The van der Waals surface area contributed by atoms with E-state index in [1.807, 2.05) is 0 Å². The third kappa shape index (κ3) is 10.4. The Morgan fingerprint density at radius 1 is 0.739 bits per heavy atom. The minimum absolute atomic E-state index is 0.403. The van der Waals surface area contributed by atoms with E-state index in [0.717, 1.165) is 12.8 Å². The van der Waals surface area contributed by atoms with E-state index in [9.17, 15) is 9.59 Å². The smallest absolute Gasteiger partial charge is 0.375 e. The van der Waals surface area contributed by atoms with E-state index in [2.05, 4.69) is 17.0 Å². The molecule has 4 nitrogen and oxygen atoms in total. The van der Waals surface area contributed by atoms with E-state index in [4.69, 9.17) is 0 Å². The standard InChI is InChI=1S/C19H35NO3/c1-2-3-4-5-6-7-8-9-10-11-12-13-14-15-16-17-18(21)23-19(22)20-17/h17H,2-16H2,1H3,(H,20,22). The van der Waals surface area contributed by atoms with Crippen molar-refractivity contribution in [2.45, 2.75) is 109 Å². The number of nitrogens with one attached hydrogen (secondary N) is 1. The first-order valence-corrected chi connectivity index (χ1v) is 9.76. The maximum atomic E-state index is 11.2. The molecule has 1 amide bonds. The number of hydrogen-bond donors (Lipinski definition) is 1. The Labute approximate surface area is 141 Å². The number of esters is 1. The molecule has 0 aliphatic carbocycles. The zero-order chi connectivity index (χ0) is 16.8. The summed E-state index contributed by atoms with van der Waals surface area (Å²) in [5.41, 5.74) is 0. The summed E-state index contributed by atoms with van der Waals surface area (Å²) in [6.07, 6.45) is 18.6. The van der Waals surface area contributed by atoms with Crippen molar-refractivity contribution in [2.24, 2.45) is 0 Å². The van der Waals surface area contributed by atoms with Crippen LogP contribution in [0.1, 0.15) is 103 Å². The average molecular weight is 325 g/mol. The van der Waals surface area contributed by atoms with E-state index >= 15 is 0 Å². The number of ether oxygens (including phenoxy) is 1. The summed E-state index contributed by atoms with van der Waals surface area (Å²) in [6, 6.07) is -0.403. The molecular weight excluding hydrogens is 290 g/mol. The van der Waals surface area contributed by atoms with Crippen LogP contribution in [-0.2, 0) is 9.53 Å². The first-order chi connectivity index (χ1) is 11.2. The molecule has 0 spiro atoms. The molecule has 0 aromatic heterocycles. The summed E-state index contributed by atoms with van der Waals surface area (Å²) >= 11 is 0. The molecule has 0 aromatic rings. The Morgan fingerprint density at radius 3 is 1.57 bits per heavy atom.